The normalized spacial score (nSPS) is 10.9. The number of halogens is 1. The van der Waals surface area contributed by atoms with E-state index in [0.717, 1.165) is 11.6 Å². The van der Waals surface area contributed by atoms with Crippen LogP contribution >= 0.6 is 15.9 Å². The fourth-order valence-electron chi connectivity index (χ4n) is 1.83. The van der Waals surface area contributed by atoms with Crippen molar-refractivity contribution >= 4 is 43.2 Å². The van der Waals surface area contributed by atoms with Crippen LogP contribution in [0.5, 0.6) is 0 Å². The molecule has 0 amide bonds. The Hall–Kier alpha value is -0.490. The van der Waals surface area contributed by atoms with Gasteiger partial charge in [0.05, 0.1) is 12.6 Å². The summed E-state index contributed by atoms with van der Waals surface area (Å²) in [6, 6.07) is 5.50. The van der Waals surface area contributed by atoms with Gasteiger partial charge >= 0.3 is 35.5 Å². The maximum absolute atomic E-state index is 11.3. The number of carboxylic acid groups (broad SMARTS) is 1. The van der Waals surface area contributed by atoms with Gasteiger partial charge in [0.2, 0.25) is 10.4 Å². The topological polar surface area (TPSA) is 122 Å². The van der Waals surface area contributed by atoms with Gasteiger partial charge in [0, 0.05) is 16.4 Å². The van der Waals surface area contributed by atoms with Crippen molar-refractivity contribution in [3.63, 3.8) is 0 Å². The Morgan fingerprint density at radius 3 is 2.42 bits per heavy atom. The molecular formula is C13H16BrN2NaO6S. The summed E-state index contributed by atoms with van der Waals surface area (Å²) in [5, 5.41) is 14.3. The van der Waals surface area contributed by atoms with E-state index in [1.54, 1.807) is 4.68 Å². The van der Waals surface area contributed by atoms with E-state index in [1.807, 2.05) is 32.0 Å². The molecule has 0 atom stereocenters. The number of aromatic nitrogens is 2. The molecule has 0 aliphatic heterocycles. The number of hydrogen-bond donors (Lipinski definition) is 1. The molecule has 0 radical (unpaired) electrons. The molecule has 0 aliphatic rings. The summed E-state index contributed by atoms with van der Waals surface area (Å²) in [4.78, 5) is 11.3. The number of rotatable bonds is 4. The van der Waals surface area contributed by atoms with Gasteiger partial charge in [-0.2, -0.15) is 5.10 Å². The van der Waals surface area contributed by atoms with Crippen molar-refractivity contribution in [2.45, 2.75) is 20.4 Å². The predicted octanol–water partition coefficient (Wildman–Crippen LogP) is -0.750. The first kappa shape index (κ1) is 23.5. The van der Waals surface area contributed by atoms with Crippen LogP contribution < -0.4 is 29.6 Å². The van der Waals surface area contributed by atoms with Gasteiger partial charge in [0.25, 0.3) is 0 Å². The molecule has 0 saturated carbocycles. The van der Waals surface area contributed by atoms with Crippen LogP contribution in [0.1, 0.15) is 24.3 Å². The Kier molecular flexibility index (Phi) is 9.65. The number of hydrogen-bond acceptors (Lipinski definition) is 6. The second-order valence-corrected chi connectivity index (χ2v) is 6.94. The number of nitrogens with zero attached hydrogens (tertiary/aromatic N) is 2. The van der Waals surface area contributed by atoms with E-state index in [1.165, 1.54) is 0 Å². The monoisotopic (exact) mass is 430 g/mol. The summed E-state index contributed by atoms with van der Waals surface area (Å²) in [5.41, 5.74) is 0.957. The molecule has 1 heterocycles. The maximum Gasteiger partial charge on any atom is 1.00 e. The second-order valence-electron chi connectivity index (χ2n) is 4.94. The van der Waals surface area contributed by atoms with Crippen LogP contribution in [-0.2, 0) is 21.1 Å². The first-order chi connectivity index (χ1) is 10.6. The summed E-state index contributed by atoms with van der Waals surface area (Å²) in [5.74, 6) is -0.596. The predicted molar refractivity (Wildman–Crippen MR) is 85.9 cm³/mol. The van der Waals surface area contributed by atoms with Gasteiger partial charge in [-0.15, -0.1) is 0 Å². The number of fused-ring (bicyclic) bond motifs is 1. The van der Waals surface area contributed by atoms with Crippen molar-refractivity contribution in [2.24, 2.45) is 5.92 Å². The molecule has 0 unspecified atom stereocenters. The SMILES string of the molecule is CC(C)Cn1nc2cccc(Br)c2c1C(=O)O.COS(=O)(=O)[O-].[Na+]. The van der Waals surface area contributed by atoms with Gasteiger partial charge in [0.1, 0.15) is 0 Å². The molecule has 2 rings (SSSR count). The van der Waals surface area contributed by atoms with Crippen molar-refractivity contribution in [1.82, 2.24) is 9.78 Å². The van der Waals surface area contributed by atoms with E-state index in [0.29, 0.717) is 23.4 Å². The molecule has 0 saturated heterocycles. The second kappa shape index (κ2) is 9.85. The van der Waals surface area contributed by atoms with Crippen LogP contribution in [0, 0.1) is 5.92 Å². The molecule has 0 aliphatic carbocycles. The zero-order chi connectivity index (χ0) is 17.8. The minimum atomic E-state index is -4.41. The minimum absolute atomic E-state index is 0. The van der Waals surface area contributed by atoms with Crippen molar-refractivity contribution < 1.29 is 56.6 Å². The molecule has 0 bridgehead atoms. The quantitative estimate of drug-likeness (QED) is 0.384. The van der Waals surface area contributed by atoms with Crippen molar-refractivity contribution in [3.05, 3.63) is 28.4 Å². The molecule has 1 N–H and O–H groups in total. The maximum atomic E-state index is 11.3. The number of aromatic carboxylic acids is 1. The van der Waals surface area contributed by atoms with Crippen LogP contribution in [0.15, 0.2) is 22.7 Å². The van der Waals surface area contributed by atoms with Crippen LogP contribution in [0.25, 0.3) is 10.9 Å². The Labute approximate surface area is 170 Å². The first-order valence-corrected chi connectivity index (χ1v) is 8.59. The van der Waals surface area contributed by atoms with E-state index in [9.17, 15) is 22.9 Å². The van der Waals surface area contributed by atoms with Crippen molar-refractivity contribution in [2.75, 3.05) is 7.11 Å². The van der Waals surface area contributed by atoms with Crippen LogP contribution in [0.4, 0.5) is 0 Å². The van der Waals surface area contributed by atoms with E-state index in [-0.39, 0.29) is 35.3 Å². The molecule has 0 fully saturated rings. The number of carbonyl (C=O) groups is 1. The summed E-state index contributed by atoms with van der Waals surface area (Å²) < 4.78 is 33.4. The molecule has 8 nitrogen and oxygen atoms in total. The Morgan fingerprint density at radius 1 is 1.46 bits per heavy atom. The van der Waals surface area contributed by atoms with Crippen LogP contribution in [0.2, 0.25) is 0 Å². The van der Waals surface area contributed by atoms with Gasteiger partial charge < -0.3 is 9.66 Å². The zero-order valence-corrected chi connectivity index (χ0v) is 18.1. The Bertz CT molecular complexity index is 806. The average Bonchev–Trinajstić information content (AvgIpc) is 2.77. The van der Waals surface area contributed by atoms with Crippen LogP contribution in [-0.4, -0.2) is 40.9 Å². The largest absolute Gasteiger partial charge is 1.00 e. The fraction of sp³-hybridized carbons (Fsp3) is 0.385. The molecule has 24 heavy (non-hydrogen) atoms. The minimum Gasteiger partial charge on any atom is -0.726 e. The fourth-order valence-corrected chi connectivity index (χ4v) is 2.38. The summed E-state index contributed by atoms with van der Waals surface area (Å²) >= 11 is 3.38. The summed E-state index contributed by atoms with van der Waals surface area (Å²) in [6.45, 7) is 4.67. The van der Waals surface area contributed by atoms with Gasteiger partial charge in [-0.05, 0) is 18.1 Å². The Morgan fingerprint density at radius 2 is 2.00 bits per heavy atom. The van der Waals surface area contributed by atoms with E-state index >= 15 is 0 Å². The van der Waals surface area contributed by atoms with Crippen molar-refractivity contribution in [1.29, 1.82) is 0 Å². The molecule has 2 aromatic rings. The average molecular weight is 431 g/mol. The van der Waals surface area contributed by atoms with E-state index < -0.39 is 16.4 Å². The van der Waals surface area contributed by atoms with Crippen LogP contribution in [0.3, 0.4) is 0 Å². The molecule has 0 spiro atoms. The third-order valence-corrected chi connectivity index (χ3v) is 3.73. The van der Waals surface area contributed by atoms with Gasteiger partial charge in [0.15, 0.2) is 5.69 Å². The van der Waals surface area contributed by atoms with E-state index in [4.69, 9.17) is 0 Å². The molecular weight excluding hydrogens is 415 g/mol. The van der Waals surface area contributed by atoms with E-state index in [2.05, 4.69) is 25.2 Å². The number of benzene rings is 1. The smallest absolute Gasteiger partial charge is 0.726 e. The van der Waals surface area contributed by atoms with Crippen molar-refractivity contribution in [3.8, 4) is 0 Å². The van der Waals surface area contributed by atoms with Gasteiger partial charge in [-0.25, -0.2) is 13.2 Å². The summed E-state index contributed by atoms with van der Waals surface area (Å²) in [7, 11) is -3.60. The first-order valence-electron chi connectivity index (χ1n) is 6.46. The third-order valence-electron chi connectivity index (χ3n) is 2.66. The van der Waals surface area contributed by atoms with Gasteiger partial charge in [-0.1, -0.05) is 35.8 Å². The zero-order valence-electron chi connectivity index (χ0n) is 13.7. The molecule has 11 heteroatoms. The summed E-state index contributed by atoms with van der Waals surface area (Å²) in [6.07, 6.45) is 0. The molecule has 1 aromatic carbocycles. The molecule has 1 aromatic heterocycles. The van der Waals surface area contributed by atoms with Gasteiger partial charge in [-0.3, -0.25) is 8.86 Å². The Balaban J connectivity index is 0.000000655. The standard InChI is InChI=1S/C12H13BrN2O2.CH4O4S.Na/c1-7(2)6-15-11(12(16)17)10-8(13)4-3-5-9(10)14-15;1-5-6(2,3)4;/h3-5,7H,6H2,1-2H3,(H,16,17);1H3,(H,2,3,4);/q;;+1/p-1. The number of carboxylic acids is 1. The molecule has 128 valence electrons. The third kappa shape index (κ3) is 6.79.